The number of alkyl halides is 15. The maximum absolute atomic E-state index is 13.8. The summed E-state index contributed by atoms with van der Waals surface area (Å²) in [7, 11) is 0. The van der Waals surface area contributed by atoms with Crippen molar-refractivity contribution in [1.29, 1.82) is 0 Å². The van der Waals surface area contributed by atoms with Gasteiger partial charge in [0.15, 0.2) is 6.61 Å². The van der Waals surface area contributed by atoms with Crippen LogP contribution in [0.1, 0.15) is 26.3 Å². The Labute approximate surface area is 181 Å². The molecule has 0 bridgehead atoms. The topological polar surface area (TPSA) is 9.23 Å². The zero-order valence-electron chi connectivity index (χ0n) is 17.1. The molecule has 1 aromatic carbocycles. The van der Waals surface area contributed by atoms with Gasteiger partial charge in [0.25, 0.3) is 0 Å². The van der Waals surface area contributed by atoms with Crippen molar-refractivity contribution in [2.24, 2.45) is 0 Å². The second kappa shape index (κ2) is 8.28. The summed E-state index contributed by atoms with van der Waals surface area (Å²) < 4.78 is 201. The van der Waals surface area contributed by atoms with Gasteiger partial charge in [-0.15, -0.1) is 0 Å². The predicted molar refractivity (Wildman–Crippen MR) is 86.4 cm³/mol. The van der Waals surface area contributed by atoms with Crippen molar-refractivity contribution in [2.45, 2.75) is 67.9 Å². The first-order valence-corrected chi connectivity index (χ1v) is 8.75. The van der Waals surface area contributed by atoms with Crippen molar-refractivity contribution in [3.8, 4) is 5.75 Å². The molecule has 0 heterocycles. The number of hydrogen-bond acceptors (Lipinski definition) is 1. The highest BCUT2D eigenvalue weighted by atomic mass is 19.4. The molecule has 0 radical (unpaired) electrons. The maximum Gasteiger partial charge on any atom is 0.460 e. The van der Waals surface area contributed by atoms with Crippen LogP contribution in [-0.2, 0) is 5.41 Å². The maximum atomic E-state index is 13.8. The van der Waals surface area contributed by atoms with Crippen molar-refractivity contribution in [1.82, 2.24) is 0 Å². The Morgan fingerprint density at radius 1 is 0.529 bits per heavy atom. The smallest absolute Gasteiger partial charge is 0.460 e. The third-order valence-corrected chi connectivity index (χ3v) is 4.53. The van der Waals surface area contributed by atoms with Gasteiger partial charge in [0.2, 0.25) is 0 Å². The van der Waals surface area contributed by atoms with Crippen LogP contribution in [0.5, 0.6) is 5.75 Å². The number of benzene rings is 1. The average Bonchev–Trinajstić information content (AvgIpc) is 2.64. The normalized spacial score (nSPS) is 15.5. The zero-order valence-corrected chi connectivity index (χ0v) is 17.1. The molecule has 0 aliphatic rings. The molecule has 34 heavy (non-hydrogen) atoms. The molecule has 0 saturated carbocycles. The molecule has 0 amide bonds. The SMILES string of the molecule is CC(C)(C)c1ccc(OCC(F)(F)C(F)(F)C(F)(F)C(F)(F)C(F)(F)C(F)(F)C(F)(F)F)cc1. The fraction of sp³-hybridized carbons (Fsp3) is 0.667. The summed E-state index contributed by atoms with van der Waals surface area (Å²) in [6.07, 6.45) is -7.63. The van der Waals surface area contributed by atoms with Crippen LogP contribution in [0, 0.1) is 0 Å². The molecule has 0 aromatic heterocycles. The van der Waals surface area contributed by atoms with Crippen LogP contribution in [0.3, 0.4) is 0 Å². The second-order valence-electron chi connectivity index (χ2n) is 8.14. The second-order valence-corrected chi connectivity index (χ2v) is 8.14. The predicted octanol–water partition coefficient (Wildman–Crippen LogP) is 7.74. The lowest BCUT2D eigenvalue weighted by Gasteiger charge is -2.41. The molecule has 1 aromatic rings. The van der Waals surface area contributed by atoms with Crippen molar-refractivity contribution in [2.75, 3.05) is 6.61 Å². The molecule has 0 spiro atoms. The Balaban J connectivity index is 3.30. The first-order chi connectivity index (χ1) is 14.7. The number of rotatable bonds is 8. The Hall–Kier alpha value is -2.03. The highest BCUT2D eigenvalue weighted by molar-refractivity contribution is 5.31. The zero-order chi connectivity index (χ0) is 27.4. The lowest BCUT2D eigenvalue weighted by molar-refractivity contribution is -0.453. The van der Waals surface area contributed by atoms with E-state index in [4.69, 9.17) is 0 Å². The molecule has 198 valence electrons. The molecule has 0 fully saturated rings. The van der Waals surface area contributed by atoms with E-state index in [1.54, 1.807) is 20.8 Å². The minimum Gasteiger partial charge on any atom is -0.487 e. The number of hydrogen-bond donors (Lipinski definition) is 0. The highest BCUT2D eigenvalue weighted by Gasteiger charge is 2.93. The quantitative estimate of drug-likeness (QED) is 0.312. The minimum absolute atomic E-state index is 0.507. The Bertz CT molecular complexity index is 848. The number of halogens is 15. The third kappa shape index (κ3) is 4.60. The van der Waals surface area contributed by atoms with Crippen LogP contribution in [0.25, 0.3) is 0 Å². The van der Waals surface area contributed by atoms with E-state index in [1.165, 1.54) is 12.1 Å². The molecule has 0 aliphatic heterocycles. The Morgan fingerprint density at radius 2 is 0.882 bits per heavy atom. The van der Waals surface area contributed by atoms with Crippen LogP contribution >= 0.6 is 0 Å². The molecule has 0 saturated heterocycles. The van der Waals surface area contributed by atoms with Gasteiger partial charge >= 0.3 is 41.7 Å². The molecule has 1 nitrogen and oxygen atoms in total. The summed E-state index contributed by atoms with van der Waals surface area (Å²) in [6.45, 7) is 2.22. The summed E-state index contributed by atoms with van der Waals surface area (Å²) in [5, 5.41) is 0. The van der Waals surface area contributed by atoms with Gasteiger partial charge in [0.1, 0.15) is 5.75 Å². The van der Waals surface area contributed by atoms with E-state index in [9.17, 15) is 65.9 Å². The van der Waals surface area contributed by atoms with Crippen molar-refractivity contribution >= 4 is 0 Å². The Kier molecular flexibility index (Phi) is 7.30. The van der Waals surface area contributed by atoms with Crippen molar-refractivity contribution < 1.29 is 70.6 Å². The minimum atomic E-state index is -8.31. The van der Waals surface area contributed by atoms with E-state index < -0.39 is 59.5 Å². The van der Waals surface area contributed by atoms with Gasteiger partial charge in [-0.1, -0.05) is 32.9 Å². The fourth-order valence-corrected chi connectivity index (χ4v) is 2.31. The highest BCUT2D eigenvalue weighted by Crippen LogP contribution is 2.62. The van der Waals surface area contributed by atoms with Crippen LogP contribution in [0.4, 0.5) is 65.9 Å². The van der Waals surface area contributed by atoms with Crippen molar-refractivity contribution in [3.63, 3.8) is 0 Å². The lowest BCUT2D eigenvalue weighted by atomic mass is 9.87. The van der Waals surface area contributed by atoms with Gasteiger partial charge < -0.3 is 4.74 Å². The van der Waals surface area contributed by atoms with Crippen LogP contribution in [0.15, 0.2) is 24.3 Å². The largest absolute Gasteiger partial charge is 0.487 e. The van der Waals surface area contributed by atoms with E-state index >= 15 is 0 Å². The summed E-state index contributed by atoms with van der Waals surface area (Å²) in [6, 6.07) is 4.18. The molecular formula is C18H15F15O. The van der Waals surface area contributed by atoms with Gasteiger partial charge in [-0.25, -0.2) is 0 Å². The standard InChI is InChI=1S/C18H15F15O/c1-11(2,3)9-4-6-10(7-5-9)34-8-12(19,20)13(21,22)14(23,24)15(25,26)16(27,28)17(29,30)18(31,32)33/h4-7H,8H2,1-3H3. The van der Waals surface area contributed by atoms with E-state index in [1.807, 2.05) is 0 Å². The van der Waals surface area contributed by atoms with E-state index in [0.29, 0.717) is 5.56 Å². The third-order valence-electron chi connectivity index (χ3n) is 4.53. The summed E-state index contributed by atoms with van der Waals surface area (Å²) in [4.78, 5) is 0. The molecule has 0 N–H and O–H groups in total. The van der Waals surface area contributed by atoms with Gasteiger partial charge in [0, 0.05) is 0 Å². The van der Waals surface area contributed by atoms with Gasteiger partial charge in [-0.3, -0.25) is 0 Å². The molecule has 0 atom stereocenters. The van der Waals surface area contributed by atoms with Crippen LogP contribution in [0.2, 0.25) is 0 Å². The average molecular weight is 532 g/mol. The first kappa shape index (κ1) is 30.0. The molecular weight excluding hydrogens is 517 g/mol. The first-order valence-electron chi connectivity index (χ1n) is 8.75. The van der Waals surface area contributed by atoms with Gasteiger partial charge in [-0.2, -0.15) is 65.9 Å². The summed E-state index contributed by atoms with van der Waals surface area (Å²) in [5.74, 6) is -47.4. The van der Waals surface area contributed by atoms with E-state index in [-0.39, 0.29) is 0 Å². The van der Waals surface area contributed by atoms with Gasteiger partial charge in [0.05, 0.1) is 0 Å². The molecule has 0 aliphatic carbocycles. The van der Waals surface area contributed by atoms with Crippen molar-refractivity contribution in [3.05, 3.63) is 29.8 Å². The fourth-order valence-electron chi connectivity index (χ4n) is 2.31. The summed E-state index contributed by atoms with van der Waals surface area (Å²) in [5.41, 5.74) is 0.0308. The van der Waals surface area contributed by atoms with Gasteiger partial charge in [-0.05, 0) is 23.1 Å². The Morgan fingerprint density at radius 3 is 1.24 bits per heavy atom. The molecule has 16 heteroatoms. The van der Waals surface area contributed by atoms with E-state index in [2.05, 4.69) is 4.74 Å². The molecule has 1 rings (SSSR count). The van der Waals surface area contributed by atoms with Crippen LogP contribution in [-0.4, -0.2) is 48.3 Å². The lowest BCUT2D eigenvalue weighted by Crippen LogP contribution is -2.73. The van der Waals surface area contributed by atoms with Crippen LogP contribution < -0.4 is 4.74 Å². The monoisotopic (exact) mass is 532 g/mol. The molecule has 0 unspecified atom stereocenters. The van der Waals surface area contributed by atoms with E-state index in [0.717, 1.165) is 12.1 Å². The number of ether oxygens (including phenoxy) is 1. The summed E-state index contributed by atoms with van der Waals surface area (Å²) >= 11 is 0.